The van der Waals surface area contributed by atoms with Gasteiger partial charge in [0.05, 0.1) is 20.6 Å². The first-order chi connectivity index (χ1) is 21.9. The largest absolute Gasteiger partial charge is 0.352 e. The van der Waals surface area contributed by atoms with Gasteiger partial charge in [0.25, 0.3) is 10.0 Å². The third-order valence-electron chi connectivity index (χ3n) is 7.65. The number of nitrogens with zero attached hydrogens (tertiary/aromatic N) is 2. The van der Waals surface area contributed by atoms with E-state index >= 15 is 0 Å². The number of carbonyl (C=O) groups excluding carboxylic acids is 2. The maximum atomic E-state index is 14.6. The lowest BCUT2D eigenvalue weighted by atomic mass is 10.0. The summed E-state index contributed by atoms with van der Waals surface area (Å²) in [6.07, 6.45) is 0.880. The summed E-state index contributed by atoms with van der Waals surface area (Å²) in [7, 11) is -4.23. The van der Waals surface area contributed by atoms with Crippen LogP contribution >= 0.6 is 34.8 Å². The smallest absolute Gasteiger partial charge is 0.264 e. The molecule has 11 heteroatoms. The first-order valence-corrected chi connectivity index (χ1v) is 17.4. The van der Waals surface area contributed by atoms with Crippen LogP contribution in [0, 0.1) is 6.92 Å². The molecule has 0 aromatic heterocycles. The summed E-state index contributed by atoms with van der Waals surface area (Å²) in [6, 6.07) is 25.9. The second-order valence-corrected chi connectivity index (χ2v) is 14.2. The SMILES string of the molecule is CCC(C)NC(=O)C(Cc1ccccc1)N(Cc1ccc(Cl)c(Cl)c1)C(=O)CN(c1ccc(Cl)cc1C)S(=O)(=O)c1ccccc1. The predicted octanol–water partition coefficient (Wildman–Crippen LogP) is 7.71. The van der Waals surface area contributed by atoms with Crippen molar-refractivity contribution < 1.29 is 18.0 Å². The fourth-order valence-corrected chi connectivity index (χ4v) is 7.01. The number of anilines is 1. The number of amides is 2. The Morgan fingerprint density at radius 3 is 2.09 bits per heavy atom. The van der Waals surface area contributed by atoms with E-state index in [-0.39, 0.29) is 29.8 Å². The molecule has 0 radical (unpaired) electrons. The fourth-order valence-electron chi connectivity index (χ4n) is 4.96. The molecule has 0 saturated heterocycles. The minimum atomic E-state index is -4.23. The summed E-state index contributed by atoms with van der Waals surface area (Å²) in [5, 5.41) is 4.08. The van der Waals surface area contributed by atoms with Crippen molar-refractivity contribution in [3.8, 4) is 0 Å². The summed E-state index contributed by atoms with van der Waals surface area (Å²) in [5.74, 6) is -0.938. The summed E-state index contributed by atoms with van der Waals surface area (Å²) in [4.78, 5) is 30.0. The Labute approximate surface area is 286 Å². The number of halogens is 3. The van der Waals surface area contributed by atoms with Crippen LogP contribution in [0.3, 0.4) is 0 Å². The normalized spacial score (nSPS) is 12.7. The Morgan fingerprint density at radius 1 is 0.826 bits per heavy atom. The lowest BCUT2D eigenvalue weighted by molar-refractivity contribution is -0.140. The van der Waals surface area contributed by atoms with Crippen LogP contribution in [0.2, 0.25) is 15.1 Å². The fraction of sp³-hybridized carbons (Fsp3) is 0.257. The van der Waals surface area contributed by atoms with Gasteiger partial charge < -0.3 is 10.2 Å². The third-order valence-corrected chi connectivity index (χ3v) is 10.4. The molecule has 7 nitrogen and oxygen atoms in total. The van der Waals surface area contributed by atoms with Gasteiger partial charge in [-0.2, -0.15) is 0 Å². The minimum Gasteiger partial charge on any atom is -0.352 e. The molecule has 2 unspecified atom stereocenters. The number of hydrogen-bond acceptors (Lipinski definition) is 4. The van der Waals surface area contributed by atoms with Gasteiger partial charge in [0, 0.05) is 24.0 Å². The molecular weight excluding hydrogens is 665 g/mol. The van der Waals surface area contributed by atoms with Crippen molar-refractivity contribution in [1.29, 1.82) is 0 Å². The van der Waals surface area contributed by atoms with Crippen LogP contribution in [-0.4, -0.2) is 43.8 Å². The number of carbonyl (C=O) groups is 2. The lowest BCUT2D eigenvalue weighted by Gasteiger charge is -2.34. The standard InChI is InChI=1S/C35H36Cl3N3O4S/c1-4-25(3)39-35(43)33(21-26-11-7-5-8-12-26)40(22-27-15-17-30(37)31(38)20-27)34(42)23-41(32-18-16-28(36)19-24(32)2)46(44,45)29-13-9-6-10-14-29/h5-20,25,33H,4,21-23H2,1-3H3,(H,39,43). The van der Waals surface area contributed by atoms with Crippen LogP contribution in [0.15, 0.2) is 102 Å². The highest BCUT2D eigenvalue weighted by atomic mass is 35.5. The van der Waals surface area contributed by atoms with Crippen molar-refractivity contribution in [3.05, 3.63) is 129 Å². The van der Waals surface area contributed by atoms with Crippen molar-refractivity contribution in [2.75, 3.05) is 10.8 Å². The number of aryl methyl sites for hydroxylation is 1. The third kappa shape index (κ3) is 8.82. The number of rotatable bonds is 13. The van der Waals surface area contributed by atoms with Crippen LogP contribution in [0.1, 0.15) is 37.0 Å². The minimum absolute atomic E-state index is 0.0172. The first-order valence-electron chi connectivity index (χ1n) is 14.8. The molecule has 0 aliphatic rings. The first kappa shape index (κ1) is 35.3. The second kappa shape index (κ2) is 15.8. The average molecular weight is 701 g/mol. The van der Waals surface area contributed by atoms with Gasteiger partial charge in [-0.1, -0.05) is 96.3 Å². The Kier molecular flexibility index (Phi) is 12.1. The lowest BCUT2D eigenvalue weighted by Crippen LogP contribution is -2.54. The zero-order valence-corrected chi connectivity index (χ0v) is 28.9. The number of nitrogens with one attached hydrogen (secondary N) is 1. The Hall–Kier alpha value is -3.56. The molecule has 242 valence electrons. The van der Waals surface area contributed by atoms with E-state index in [1.165, 1.54) is 17.0 Å². The quantitative estimate of drug-likeness (QED) is 0.155. The molecule has 0 heterocycles. The topological polar surface area (TPSA) is 86.8 Å². The molecule has 1 N–H and O–H groups in total. The molecule has 4 rings (SSSR count). The van der Waals surface area contributed by atoms with Gasteiger partial charge >= 0.3 is 0 Å². The zero-order chi connectivity index (χ0) is 33.4. The molecule has 4 aromatic rings. The van der Waals surface area contributed by atoms with Crippen molar-refractivity contribution in [2.45, 2.75) is 57.1 Å². The van der Waals surface area contributed by atoms with Crippen molar-refractivity contribution in [3.63, 3.8) is 0 Å². The molecule has 0 aliphatic carbocycles. The van der Waals surface area contributed by atoms with E-state index in [4.69, 9.17) is 34.8 Å². The summed E-state index contributed by atoms with van der Waals surface area (Å²) >= 11 is 18.8. The van der Waals surface area contributed by atoms with Crippen LogP contribution in [0.5, 0.6) is 0 Å². The Balaban J connectivity index is 1.84. The summed E-state index contributed by atoms with van der Waals surface area (Å²) in [6.45, 7) is 4.96. The second-order valence-electron chi connectivity index (χ2n) is 11.0. The summed E-state index contributed by atoms with van der Waals surface area (Å²) in [5.41, 5.74) is 2.31. The summed E-state index contributed by atoms with van der Waals surface area (Å²) < 4.78 is 29.4. The van der Waals surface area contributed by atoms with Gasteiger partial charge in [-0.05, 0) is 79.4 Å². The van der Waals surface area contributed by atoms with Crippen molar-refractivity contribution in [1.82, 2.24) is 10.2 Å². The number of sulfonamides is 1. The molecule has 0 fully saturated rings. The monoisotopic (exact) mass is 699 g/mol. The average Bonchev–Trinajstić information content (AvgIpc) is 3.04. The van der Waals surface area contributed by atoms with Crippen molar-refractivity contribution >= 4 is 62.3 Å². The molecule has 0 saturated carbocycles. The molecule has 0 spiro atoms. The maximum Gasteiger partial charge on any atom is 0.264 e. The maximum absolute atomic E-state index is 14.6. The highest BCUT2D eigenvalue weighted by Gasteiger charge is 2.35. The highest BCUT2D eigenvalue weighted by molar-refractivity contribution is 7.92. The van der Waals surface area contributed by atoms with Gasteiger partial charge in [0.15, 0.2) is 0 Å². The van der Waals surface area contributed by atoms with E-state index in [9.17, 15) is 18.0 Å². The van der Waals surface area contributed by atoms with Crippen LogP contribution in [0.4, 0.5) is 5.69 Å². The zero-order valence-electron chi connectivity index (χ0n) is 25.8. The van der Waals surface area contributed by atoms with E-state index in [0.717, 1.165) is 9.87 Å². The van der Waals surface area contributed by atoms with E-state index < -0.39 is 28.5 Å². The van der Waals surface area contributed by atoms with E-state index in [2.05, 4.69) is 5.32 Å². The van der Waals surface area contributed by atoms with E-state index in [0.29, 0.717) is 38.3 Å². The van der Waals surface area contributed by atoms with Gasteiger partial charge in [-0.15, -0.1) is 0 Å². The molecule has 46 heavy (non-hydrogen) atoms. The van der Waals surface area contributed by atoms with Crippen LogP contribution < -0.4 is 9.62 Å². The molecule has 2 amide bonds. The van der Waals surface area contributed by atoms with Crippen LogP contribution in [-0.2, 0) is 32.6 Å². The Morgan fingerprint density at radius 2 is 1.48 bits per heavy atom. The van der Waals surface area contributed by atoms with Gasteiger partial charge in [-0.25, -0.2) is 8.42 Å². The van der Waals surface area contributed by atoms with Crippen molar-refractivity contribution in [2.24, 2.45) is 0 Å². The molecule has 2 atom stereocenters. The number of benzene rings is 4. The highest BCUT2D eigenvalue weighted by Crippen LogP contribution is 2.30. The molecule has 0 aliphatic heterocycles. The van der Waals surface area contributed by atoms with E-state index in [1.54, 1.807) is 61.5 Å². The van der Waals surface area contributed by atoms with E-state index in [1.807, 2.05) is 44.2 Å². The van der Waals surface area contributed by atoms with Gasteiger partial charge in [-0.3, -0.25) is 13.9 Å². The van der Waals surface area contributed by atoms with Gasteiger partial charge in [0.2, 0.25) is 11.8 Å². The molecular formula is C35H36Cl3N3O4S. The molecule has 0 bridgehead atoms. The Bertz CT molecular complexity index is 1770. The predicted molar refractivity (Wildman–Crippen MR) is 186 cm³/mol. The molecule has 4 aromatic carbocycles. The van der Waals surface area contributed by atoms with Gasteiger partial charge in [0.1, 0.15) is 12.6 Å². The van der Waals surface area contributed by atoms with Crippen LogP contribution in [0.25, 0.3) is 0 Å². The number of hydrogen-bond donors (Lipinski definition) is 1.